The average molecular weight is 165 g/mol. The summed E-state index contributed by atoms with van der Waals surface area (Å²) in [7, 11) is -4.60. The third-order valence-corrected chi connectivity index (χ3v) is 1.93. The molecule has 0 atom stereocenters. The van der Waals surface area contributed by atoms with Gasteiger partial charge >= 0.3 is 10.4 Å². The summed E-state index contributed by atoms with van der Waals surface area (Å²) >= 11 is 0. The molecule has 0 saturated heterocycles. The van der Waals surface area contributed by atoms with Crippen molar-refractivity contribution in [2.24, 2.45) is 0 Å². The highest BCUT2D eigenvalue weighted by molar-refractivity contribution is 7.79. The molecule has 0 aliphatic carbocycles. The van der Waals surface area contributed by atoms with E-state index in [9.17, 15) is 12.3 Å². The first-order valence-electron chi connectivity index (χ1n) is 2.52. The maximum atomic E-state index is 12.1. The van der Waals surface area contributed by atoms with Gasteiger partial charge in [0, 0.05) is 6.92 Å². The average Bonchev–Trinajstić information content (AvgIpc) is 2.11. The summed E-state index contributed by atoms with van der Waals surface area (Å²) in [5, 5.41) is 0. The number of imidazole rings is 1. The molecule has 0 saturated carbocycles. The molecule has 4 nitrogen and oxygen atoms in total. The van der Waals surface area contributed by atoms with E-state index in [-0.39, 0.29) is 5.82 Å². The Hall–Kier alpha value is -0.910. The first-order chi connectivity index (χ1) is 4.52. The molecule has 1 heterocycles. The predicted octanol–water partition coefficient (Wildman–Crippen LogP) is -0.327. The highest BCUT2D eigenvalue weighted by Crippen LogP contribution is 1.88. The van der Waals surface area contributed by atoms with Crippen molar-refractivity contribution in [3.63, 3.8) is 0 Å². The van der Waals surface area contributed by atoms with E-state index in [0.717, 1.165) is 6.20 Å². The molecule has 0 aromatic carbocycles. The van der Waals surface area contributed by atoms with Crippen molar-refractivity contribution in [2.75, 3.05) is 0 Å². The summed E-state index contributed by atoms with van der Waals surface area (Å²) in [6.07, 6.45) is 2.44. The maximum Gasteiger partial charge on any atom is 0.480 e. The largest absolute Gasteiger partial charge is 0.480 e. The van der Waals surface area contributed by atoms with Gasteiger partial charge in [-0.15, -0.1) is 0 Å². The van der Waals surface area contributed by atoms with Gasteiger partial charge in [0.15, 0.2) is 0 Å². The molecular formula is C4H6FN2O2S+. The van der Waals surface area contributed by atoms with Crippen molar-refractivity contribution in [2.45, 2.75) is 6.92 Å². The van der Waals surface area contributed by atoms with Gasteiger partial charge in [0.05, 0.1) is 0 Å². The van der Waals surface area contributed by atoms with Crippen molar-refractivity contribution in [3.05, 3.63) is 18.2 Å². The van der Waals surface area contributed by atoms with E-state index in [4.69, 9.17) is 0 Å². The lowest BCUT2D eigenvalue weighted by Crippen LogP contribution is -2.40. The van der Waals surface area contributed by atoms with E-state index < -0.39 is 10.4 Å². The number of halogens is 1. The smallest absolute Gasteiger partial charge is 0.247 e. The molecule has 0 unspecified atom stereocenters. The van der Waals surface area contributed by atoms with Crippen LogP contribution in [0.2, 0.25) is 0 Å². The predicted molar refractivity (Wildman–Crippen MR) is 31.2 cm³/mol. The van der Waals surface area contributed by atoms with Gasteiger partial charge in [0.2, 0.25) is 0 Å². The third kappa shape index (κ3) is 1.15. The SMILES string of the molecule is Cc1[nH]cc[n+]1S(=O)(=O)F. The topological polar surface area (TPSA) is 53.8 Å². The normalized spacial score (nSPS) is 11.8. The lowest BCUT2D eigenvalue weighted by Gasteiger charge is -1.85. The van der Waals surface area contributed by atoms with Crippen LogP contribution in [0.25, 0.3) is 0 Å². The molecule has 0 radical (unpaired) electrons. The van der Waals surface area contributed by atoms with Gasteiger partial charge in [-0.25, -0.2) is 4.98 Å². The minimum absolute atomic E-state index is 0.238. The summed E-state index contributed by atoms with van der Waals surface area (Å²) in [5.41, 5.74) is 0. The van der Waals surface area contributed by atoms with E-state index in [2.05, 4.69) is 4.98 Å². The summed E-state index contributed by atoms with van der Waals surface area (Å²) < 4.78 is 33.0. The molecule has 1 aromatic rings. The van der Waals surface area contributed by atoms with E-state index in [1.807, 2.05) is 0 Å². The molecule has 6 heteroatoms. The summed E-state index contributed by atoms with van der Waals surface area (Å²) in [6, 6.07) is 0. The molecule has 1 rings (SSSR count). The number of aromatic amines is 1. The second-order valence-corrected chi connectivity index (χ2v) is 3.00. The Balaban J connectivity index is 3.32. The van der Waals surface area contributed by atoms with Crippen molar-refractivity contribution in [1.82, 2.24) is 4.98 Å². The Bertz CT molecular complexity index is 329. The van der Waals surface area contributed by atoms with Crippen LogP contribution < -0.4 is 3.97 Å². The van der Waals surface area contributed by atoms with E-state index in [1.54, 1.807) is 0 Å². The molecule has 1 N–H and O–H groups in total. The summed E-state index contributed by atoms with van der Waals surface area (Å²) in [4.78, 5) is 2.52. The van der Waals surface area contributed by atoms with Gasteiger partial charge in [0.1, 0.15) is 12.4 Å². The number of hydrogen-bond acceptors (Lipinski definition) is 2. The Morgan fingerprint density at radius 1 is 1.70 bits per heavy atom. The van der Waals surface area contributed by atoms with Crippen LogP contribution in [-0.4, -0.2) is 13.4 Å². The molecule has 56 valence electrons. The summed E-state index contributed by atoms with van der Waals surface area (Å²) in [6.45, 7) is 1.46. The molecular weight excluding hydrogens is 159 g/mol. The number of hydrogen-bond donors (Lipinski definition) is 1. The number of nitrogens with zero attached hydrogens (tertiary/aromatic N) is 1. The molecule has 0 fully saturated rings. The minimum atomic E-state index is -4.60. The van der Waals surface area contributed by atoms with Crippen molar-refractivity contribution in [3.8, 4) is 0 Å². The Labute approximate surface area is 57.7 Å². The Kier molecular flexibility index (Phi) is 1.47. The van der Waals surface area contributed by atoms with Crippen LogP contribution in [0.3, 0.4) is 0 Å². The fourth-order valence-corrected chi connectivity index (χ4v) is 1.22. The molecule has 0 spiro atoms. The van der Waals surface area contributed by atoms with Crippen LogP contribution in [0.4, 0.5) is 3.89 Å². The van der Waals surface area contributed by atoms with Crippen molar-refractivity contribution in [1.29, 1.82) is 0 Å². The fourth-order valence-electron chi connectivity index (χ4n) is 0.637. The molecule has 0 aliphatic heterocycles. The number of nitrogens with one attached hydrogen (secondary N) is 1. The van der Waals surface area contributed by atoms with Gasteiger partial charge in [-0.3, -0.25) is 0 Å². The Morgan fingerprint density at radius 2 is 2.30 bits per heavy atom. The van der Waals surface area contributed by atoms with Gasteiger partial charge < -0.3 is 0 Å². The quantitative estimate of drug-likeness (QED) is 0.457. The lowest BCUT2D eigenvalue weighted by molar-refractivity contribution is -0.522. The van der Waals surface area contributed by atoms with E-state index in [0.29, 0.717) is 3.97 Å². The second kappa shape index (κ2) is 2.05. The third-order valence-electron chi connectivity index (χ3n) is 1.07. The number of aryl methyl sites for hydroxylation is 1. The van der Waals surface area contributed by atoms with Crippen LogP contribution in [0.5, 0.6) is 0 Å². The van der Waals surface area contributed by atoms with Gasteiger partial charge in [-0.1, -0.05) is 7.86 Å². The van der Waals surface area contributed by atoms with Crippen LogP contribution in [0.15, 0.2) is 12.4 Å². The zero-order valence-corrected chi connectivity index (χ0v) is 6.02. The molecule has 0 bridgehead atoms. The Morgan fingerprint density at radius 3 is 2.50 bits per heavy atom. The van der Waals surface area contributed by atoms with Crippen LogP contribution >= 0.6 is 0 Å². The second-order valence-electron chi connectivity index (χ2n) is 1.78. The zero-order valence-electron chi connectivity index (χ0n) is 5.20. The fraction of sp³-hybridized carbons (Fsp3) is 0.250. The maximum absolute atomic E-state index is 12.1. The minimum Gasteiger partial charge on any atom is -0.247 e. The lowest BCUT2D eigenvalue weighted by atomic mass is 10.8. The first kappa shape index (κ1) is 7.20. The van der Waals surface area contributed by atoms with Crippen LogP contribution in [0.1, 0.15) is 5.82 Å². The number of H-pyrrole nitrogens is 1. The van der Waals surface area contributed by atoms with Gasteiger partial charge in [0.25, 0.3) is 5.82 Å². The zero-order chi connectivity index (χ0) is 7.78. The van der Waals surface area contributed by atoms with E-state index in [1.165, 1.54) is 13.1 Å². The molecule has 0 amide bonds. The molecule has 10 heavy (non-hydrogen) atoms. The molecule has 0 aliphatic rings. The van der Waals surface area contributed by atoms with Gasteiger partial charge in [-0.05, 0) is 0 Å². The van der Waals surface area contributed by atoms with E-state index >= 15 is 0 Å². The molecule has 1 aromatic heterocycles. The first-order valence-corrected chi connectivity index (χ1v) is 3.86. The standard InChI is InChI=1S/C4H5FN2O2S/c1-4-6-2-3-7(4)10(5,8)9/h2-3H,1H3/p+1. The summed E-state index contributed by atoms with van der Waals surface area (Å²) in [5.74, 6) is 0.238. The monoisotopic (exact) mass is 165 g/mol. The highest BCUT2D eigenvalue weighted by atomic mass is 32.3. The number of rotatable bonds is 1. The number of aromatic nitrogens is 2. The highest BCUT2D eigenvalue weighted by Gasteiger charge is 2.19. The van der Waals surface area contributed by atoms with Gasteiger partial charge in [-0.2, -0.15) is 8.42 Å². The van der Waals surface area contributed by atoms with Crippen molar-refractivity contribution >= 4 is 10.4 Å². The van der Waals surface area contributed by atoms with Crippen molar-refractivity contribution < 1.29 is 16.3 Å². The van der Waals surface area contributed by atoms with Crippen LogP contribution in [-0.2, 0) is 10.4 Å². The van der Waals surface area contributed by atoms with Crippen LogP contribution in [0, 0.1) is 6.92 Å².